The molecular formula is C22H24N4O6. The van der Waals surface area contributed by atoms with E-state index in [-0.39, 0.29) is 41.9 Å². The van der Waals surface area contributed by atoms with Gasteiger partial charge in [-0.25, -0.2) is 0 Å². The lowest BCUT2D eigenvalue weighted by molar-refractivity contribution is -0.153. The average molecular weight is 440 g/mol. The van der Waals surface area contributed by atoms with Crippen LogP contribution >= 0.6 is 0 Å². The summed E-state index contributed by atoms with van der Waals surface area (Å²) in [5.74, 6) is -2.36. The number of imide groups is 2. The molecule has 10 heteroatoms. The van der Waals surface area contributed by atoms with Crippen LogP contribution in [-0.2, 0) is 19.1 Å². The average Bonchev–Trinajstić information content (AvgIpc) is 3.35. The van der Waals surface area contributed by atoms with Gasteiger partial charge >= 0.3 is 5.97 Å². The zero-order valence-electron chi connectivity index (χ0n) is 17.6. The zero-order valence-corrected chi connectivity index (χ0v) is 17.6. The van der Waals surface area contributed by atoms with E-state index in [1.807, 2.05) is 4.90 Å². The van der Waals surface area contributed by atoms with Crippen molar-refractivity contribution in [3.05, 3.63) is 29.3 Å². The van der Waals surface area contributed by atoms with Crippen LogP contribution in [0.1, 0.15) is 46.4 Å². The molecule has 3 heterocycles. The second-order valence-corrected chi connectivity index (χ2v) is 9.10. The fraction of sp³-hybridized carbons (Fsp3) is 0.500. The van der Waals surface area contributed by atoms with Gasteiger partial charge in [0.05, 0.1) is 23.7 Å². The number of anilines is 1. The first kappa shape index (κ1) is 20.6. The first-order valence-electron chi connectivity index (χ1n) is 10.7. The number of piperidine rings is 1. The molecule has 4 aliphatic rings. The number of methoxy groups -OCH3 is 1. The lowest BCUT2D eigenvalue weighted by Gasteiger charge is -2.27. The molecule has 4 amide bonds. The summed E-state index contributed by atoms with van der Waals surface area (Å²) in [5, 5.41) is 2.19. The van der Waals surface area contributed by atoms with Gasteiger partial charge in [0.1, 0.15) is 6.04 Å². The largest absolute Gasteiger partial charge is 0.469 e. The van der Waals surface area contributed by atoms with E-state index in [0.717, 1.165) is 17.0 Å². The fourth-order valence-electron chi connectivity index (χ4n) is 5.79. The van der Waals surface area contributed by atoms with Crippen LogP contribution in [0.15, 0.2) is 18.2 Å². The Kier molecular flexibility index (Phi) is 4.59. The van der Waals surface area contributed by atoms with E-state index >= 15 is 0 Å². The standard InChI is InChI=1S/C22H24N4O6/c1-32-21(31)22-8-12(23)6-11(22)9-25(10-22)13-2-3-14-15(7-13)20(30)26(19(14)29)16-4-5-17(27)24-18(16)28/h2-3,7,11-12,16H,4-6,8-10,23H2,1H3,(H,24,27,28)/t11-,12+,16?,22-/m0/s1. The van der Waals surface area contributed by atoms with Crippen molar-refractivity contribution < 1.29 is 28.7 Å². The van der Waals surface area contributed by atoms with Crippen molar-refractivity contribution in [1.29, 1.82) is 0 Å². The van der Waals surface area contributed by atoms with Gasteiger partial charge in [0, 0.05) is 31.2 Å². The Morgan fingerprint density at radius 2 is 1.94 bits per heavy atom. The third-order valence-corrected chi connectivity index (χ3v) is 7.29. The summed E-state index contributed by atoms with van der Waals surface area (Å²) in [6.07, 6.45) is 1.45. The van der Waals surface area contributed by atoms with Gasteiger partial charge in [0.25, 0.3) is 11.8 Å². The SMILES string of the molecule is COC(=O)[C@]12C[C@H](N)C[C@H]1CN(c1ccc3c(c1)C(=O)N(C1CCC(=O)NC1=O)C3=O)C2. The molecule has 5 rings (SSSR count). The Balaban J connectivity index is 1.42. The van der Waals surface area contributed by atoms with Crippen LogP contribution in [0.4, 0.5) is 5.69 Å². The molecule has 3 aliphatic heterocycles. The van der Waals surface area contributed by atoms with E-state index in [4.69, 9.17) is 10.5 Å². The minimum Gasteiger partial charge on any atom is -0.469 e. The molecule has 0 aromatic heterocycles. The van der Waals surface area contributed by atoms with E-state index in [1.54, 1.807) is 18.2 Å². The highest BCUT2D eigenvalue weighted by atomic mass is 16.5. The van der Waals surface area contributed by atoms with Gasteiger partial charge in [0.15, 0.2) is 0 Å². The van der Waals surface area contributed by atoms with Crippen molar-refractivity contribution in [2.75, 3.05) is 25.1 Å². The van der Waals surface area contributed by atoms with Gasteiger partial charge in [-0.2, -0.15) is 0 Å². The smallest absolute Gasteiger partial charge is 0.314 e. The summed E-state index contributed by atoms with van der Waals surface area (Å²) in [5.41, 5.74) is 6.63. The molecule has 1 aliphatic carbocycles. The number of esters is 1. The molecule has 3 N–H and O–H groups in total. The molecule has 0 spiro atoms. The second-order valence-electron chi connectivity index (χ2n) is 9.10. The number of carbonyl (C=O) groups is 5. The van der Waals surface area contributed by atoms with Crippen LogP contribution in [0.25, 0.3) is 0 Å². The summed E-state index contributed by atoms with van der Waals surface area (Å²) >= 11 is 0. The quantitative estimate of drug-likeness (QED) is 0.487. The number of nitrogens with two attached hydrogens (primary N) is 1. The van der Waals surface area contributed by atoms with Crippen molar-refractivity contribution in [3.63, 3.8) is 0 Å². The van der Waals surface area contributed by atoms with Crippen LogP contribution in [0.2, 0.25) is 0 Å². The molecule has 10 nitrogen and oxygen atoms in total. The highest BCUT2D eigenvalue weighted by Crippen LogP contribution is 2.50. The number of hydrogen-bond acceptors (Lipinski definition) is 8. The van der Waals surface area contributed by atoms with E-state index < -0.39 is 35.1 Å². The summed E-state index contributed by atoms with van der Waals surface area (Å²) in [6.45, 7) is 1.02. The first-order valence-corrected chi connectivity index (χ1v) is 10.7. The third kappa shape index (κ3) is 2.85. The number of nitrogens with one attached hydrogen (secondary N) is 1. The number of amides is 4. The van der Waals surface area contributed by atoms with Gasteiger partial charge in [-0.1, -0.05) is 0 Å². The Hall–Kier alpha value is -3.27. The van der Waals surface area contributed by atoms with Crippen molar-refractivity contribution in [2.24, 2.45) is 17.1 Å². The van der Waals surface area contributed by atoms with Crippen molar-refractivity contribution >= 4 is 35.3 Å². The van der Waals surface area contributed by atoms with Crippen LogP contribution in [0.5, 0.6) is 0 Å². The van der Waals surface area contributed by atoms with Crippen LogP contribution in [0, 0.1) is 11.3 Å². The maximum absolute atomic E-state index is 13.1. The molecule has 32 heavy (non-hydrogen) atoms. The lowest BCUT2D eigenvalue weighted by atomic mass is 9.81. The highest BCUT2D eigenvalue weighted by molar-refractivity contribution is 6.23. The minimum atomic E-state index is -1.00. The van der Waals surface area contributed by atoms with Crippen LogP contribution in [0.3, 0.4) is 0 Å². The Bertz CT molecular complexity index is 1070. The lowest BCUT2D eigenvalue weighted by Crippen LogP contribution is -2.54. The highest BCUT2D eigenvalue weighted by Gasteiger charge is 2.58. The fourth-order valence-corrected chi connectivity index (χ4v) is 5.79. The number of carbonyl (C=O) groups excluding carboxylic acids is 5. The third-order valence-electron chi connectivity index (χ3n) is 7.29. The van der Waals surface area contributed by atoms with Gasteiger partial charge in [0.2, 0.25) is 11.8 Å². The van der Waals surface area contributed by atoms with Gasteiger partial charge < -0.3 is 15.4 Å². The topological polar surface area (TPSA) is 139 Å². The van der Waals surface area contributed by atoms with Gasteiger partial charge in [-0.05, 0) is 43.4 Å². The molecular weight excluding hydrogens is 416 g/mol. The van der Waals surface area contributed by atoms with Gasteiger partial charge in [-0.15, -0.1) is 0 Å². The Labute approximate surface area is 184 Å². The zero-order chi connectivity index (χ0) is 22.8. The molecule has 0 radical (unpaired) electrons. The molecule has 4 atom stereocenters. The van der Waals surface area contributed by atoms with Crippen molar-refractivity contribution in [1.82, 2.24) is 10.2 Å². The predicted molar refractivity (Wildman–Crippen MR) is 110 cm³/mol. The Morgan fingerprint density at radius 1 is 1.19 bits per heavy atom. The first-order chi connectivity index (χ1) is 15.2. The van der Waals surface area contributed by atoms with E-state index in [0.29, 0.717) is 19.5 Å². The number of fused-ring (bicyclic) bond motifs is 2. The maximum Gasteiger partial charge on any atom is 0.314 e. The number of rotatable bonds is 3. The number of ether oxygens (including phenoxy) is 1. The number of hydrogen-bond donors (Lipinski definition) is 2. The molecule has 0 bridgehead atoms. The summed E-state index contributed by atoms with van der Waals surface area (Å²) in [4.78, 5) is 65.3. The predicted octanol–water partition coefficient (Wildman–Crippen LogP) is -0.195. The van der Waals surface area contributed by atoms with Crippen LogP contribution < -0.4 is 16.0 Å². The van der Waals surface area contributed by atoms with Crippen LogP contribution in [-0.4, -0.2) is 66.8 Å². The van der Waals surface area contributed by atoms with E-state index in [1.165, 1.54) is 7.11 Å². The monoisotopic (exact) mass is 440 g/mol. The van der Waals surface area contributed by atoms with Crippen molar-refractivity contribution in [3.8, 4) is 0 Å². The molecule has 168 valence electrons. The van der Waals surface area contributed by atoms with Crippen molar-refractivity contribution in [2.45, 2.75) is 37.8 Å². The second kappa shape index (κ2) is 7.13. The maximum atomic E-state index is 13.1. The summed E-state index contributed by atoms with van der Waals surface area (Å²) in [7, 11) is 1.38. The summed E-state index contributed by atoms with van der Waals surface area (Å²) < 4.78 is 5.09. The summed E-state index contributed by atoms with van der Waals surface area (Å²) in [6, 6.07) is 3.93. The number of benzene rings is 1. The minimum absolute atomic E-state index is 0.0514. The van der Waals surface area contributed by atoms with Gasteiger partial charge in [-0.3, -0.25) is 34.2 Å². The van der Waals surface area contributed by atoms with E-state index in [2.05, 4.69) is 5.32 Å². The number of nitrogens with zero attached hydrogens (tertiary/aromatic N) is 2. The molecule has 1 saturated carbocycles. The van der Waals surface area contributed by atoms with E-state index in [9.17, 15) is 24.0 Å². The molecule has 1 aromatic carbocycles. The molecule has 3 fully saturated rings. The normalized spacial score (nSPS) is 31.6. The molecule has 1 aromatic rings. The Morgan fingerprint density at radius 3 is 2.66 bits per heavy atom. The molecule has 1 unspecified atom stereocenters. The molecule has 2 saturated heterocycles.